The molecule has 0 saturated carbocycles. The molecule has 0 N–H and O–H groups in total. The summed E-state index contributed by atoms with van der Waals surface area (Å²) >= 11 is 5.88. The van der Waals surface area contributed by atoms with Gasteiger partial charge in [-0.1, -0.05) is 36.5 Å². The molecule has 5 nitrogen and oxygen atoms in total. The lowest BCUT2D eigenvalue weighted by Gasteiger charge is -2.26. The van der Waals surface area contributed by atoms with Crippen molar-refractivity contribution in [2.45, 2.75) is 58.9 Å². The number of amides is 1. The van der Waals surface area contributed by atoms with Crippen LogP contribution in [0.5, 0.6) is 0 Å². The van der Waals surface area contributed by atoms with Gasteiger partial charge in [-0.25, -0.2) is 0 Å². The summed E-state index contributed by atoms with van der Waals surface area (Å²) in [6.07, 6.45) is 4.17. The summed E-state index contributed by atoms with van der Waals surface area (Å²) in [6, 6.07) is 7.46. The highest BCUT2D eigenvalue weighted by Gasteiger charge is 2.18. The fraction of sp³-hybridized carbons (Fsp3) is 0.526. The molecule has 0 aliphatic rings. The van der Waals surface area contributed by atoms with E-state index in [0.717, 1.165) is 31.4 Å². The second-order valence-electron chi connectivity index (χ2n) is 6.41. The summed E-state index contributed by atoms with van der Waals surface area (Å²) in [6.45, 7) is 7.07. The van der Waals surface area contributed by atoms with Crippen LogP contribution < -0.4 is 0 Å². The van der Waals surface area contributed by atoms with Gasteiger partial charge in [-0.2, -0.15) is 4.98 Å². The van der Waals surface area contributed by atoms with E-state index in [2.05, 4.69) is 30.9 Å². The van der Waals surface area contributed by atoms with Crippen molar-refractivity contribution < 1.29 is 9.32 Å². The molecule has 25 heavy (non-hydrogen) atoms. The van der Waals surface area contributed by atoms with Crippen LogP contribution in [0.25, 0.3) is 11.4 Å². The average Bonchev–Trinajstić information content (AvgIpc) is 3.06. The molecule has 0 atom stereocenters. The van der Waals surface area contributed by atoms with Gasteiger partial charge in [-0.15, -0.1) is 0 Å². The van der Waals surface area contributed by atoms with Crippen molar-refractivity contribution in [1.82, 2.24) is 15.0 Å². The summed E-state index contributed by atoms with van der Waals surface area (Å²) in [7, 11) is 0. The molecule has 0 fully saturated rings. The van der Waals surface area contributed by atoms with Crippen LogP contribution in [0.15, 0.2) is 28.8 Å². The van der Waals surface area contributed by atoms with E-state index in [1.807, 2.05) is 17.0 Å². The third kappa shape index (κ3) is 5.85. The maximum absolute atomic E-state index is 12.5. The largest absolute Gasteiger partial charge is 0.340 e. The molecule has 0 saturated heterocycles. The highest BCUT2D eigenvalue weighted by Crippen LogP contribution is 2.19. The summed E-state index contributed by atoms with van der Waals surface area (Å²) in [5, 5.41) is 4.64. The molecule has 136 valence electrons. The first kappa shape index (κ1) is 19.4. The first-order valence-corrected chi connectivity index (χ1v) is 9.27. The van der Waals surface area contributed by atoms with E-state index < -0.39 is 0 Å². The van der Waals surface area contributed by atoms with Crippen LogP contribution >= 0.6 is 11.6 Å². The number of carbonyl (C=O) groups excluding carboxylic acids is 1. The number of hydrogen-bond donors (Lipinski definition) is 0. The predicted octanol–water partition coefficient (Wildman–Crippen LogP) is 4.75. The Labute approximate surface area is 154 Å². The van der Waals surface area contributed by atoms with Crippen molar-refractivity contribution in [3.8, 4) is 11.4 Å². The fourth-order valence-corrected chi connectivity index (χ4v) is 2.76. The third-order valence-electron chi connectivity index (χ3n) is 4.07. The van der Waals surface area contributed by atoms with E-state index in [-0.39, 0.29) is 11.9 Å². The molecule has 0 radical (unpaired) electrons. The first-order valence-electron chi connectivity index (χ1n) is 8.89. The van der Waals surface area contributed by atoms with Gasteiger partial charge >= 0.3 is 0 Å². The third-order valence-corrected chi connectivity index (χ3v) is 4.32. The zero-order chi connectivity index (χ0) is 18.2. The molecule has 0 unspecified atom stereocenters. The highest BCUT2D eigenvalue weighted by atomic mass is 35.5. The zero-order valence-corrected chi connectivity index (χ0v) is 15.9. The van der Waals surface area contributed by atoms with Crippen LogP contribution in [0.4, 0.5) is 0 Å². The molecule has 1 aromatic carbocycles. The number of benzene rings is 1. The highest BCUT2D eigenvalue weighted by molar-refractivity contribution is 6.30. The van der Waals surface area contributed by atoms with E-state index in [9.17, 15) is 4.79 Å². The molecule has 1 heterocycles. The summed E-state index contributed by atoms with van der Waals surface area (Å²) in [5.74, 6) is 1.13. The van der Waals surface area contributed by atoms with Crippen LogP contribution in [-0.2, 0) is 11.2 Å². The lowest BCUT2D eigenvalue weighted by molar-refractivity contribution is -0.133. The molecule has 1 amide bonds. The van der Waals surface area contributed by atoms with Gasteiger partial charge in [-0.05, 0) is 44.5 Å². The Morgan fingerprint density at radius 3 is 2.60 bits per heavy atom. The second-order valence-corrected chi connectivity index (χ2v) is 6.84. The van der Waals surface area contributed by atoms with Gasteiger partial charge in [0.15, 0.2) is 0 Å². The van der Waals surface area contributed by atoms with Crippen LogP contribution in [0.1, 0.15) is 52.3 Å². The number of rotatable bonds is 9. The summed E-state index contributed by atoms with van der Waals surface area (Å²) < 4.78 is 5.27. The van der Waals surface area contributed by atoms with E-state index in [1.54, 1.807) is 12.1 Å². The van der Waals surface area contributed by atoms with E-state index in [0.29, 0.717) is 29.6 Å². The van der Waals surface area contributed by atoms with Gasteiger partial charge in [-0.3, -0.25) is 4.79 Å². The number of hydrogen-bond acceptors (Lipinski definition) is 4. The minimum absolute atomic E-state index is 0.136. The fourth-order valence-electron chi connectivity index (χ4n) is 2.63. The Kier molecular flexibility index (Phi) is 7.44. The maximum atomic E-state index is 12.5. The van der Waals surface area contributed by atoms with Gasteiger partial charge in [0, 0.05) is 36.0 Å². The predicted molar refractivity (Wildman–Crippen MR) is 99.4 cm³/mol. The van der Waals surface area contributed by atoms with Crippen LogP contribution in [0.2, 0.25) is 5.02 Å². The van der Waals surface area contributed by atoms with Crippen molar-refractivity contribution >= 4 is 17.5 Å². The van der Waals surface area contributed by atoms with Gasteiger partial charge in [0.2, 0.25) is 17.6 Å². The number of unbranched alkanes of at least 4 members (excludes halogenated alkanes) is 2. The SMILES string of the molecule is CCCCCN(C(=O)CCc1nc(-c2ccc(Cl)cc2)no1)C(C)C. The van der Waals surface area contributed by atoms with Crippen molar-refractivity contribution in [2.75, 3.05) is 6.54 Å². The molecular weight excluding hydrogens is 338 g/mol. The Balaban J connectivity index is 1.91. The lowest BCUT2D eigenvalue weighted by atomic mass is 10.2. The first-order chi connectivity index (χ1) is 12.0. The summed E-state index contributed by atoms with van der Waals surface area (Å²) in [4.78, 5) is 18.8. The number of halogens is 1. The van der Waals surface area contributed by atoms with E-state index >= 15 is 0 Å². The zero-order valence-electron chi connectivity index (χ0n) is 15.2. The van der Waals surface area contributed by atoms with Gasteiger partial charge in [0.25, 0.3) is 0 Å². The number of aromatic nitrogens is 2. The maximum Gasteiger partial charge on any atom is 0.227 e. The monoisotopic (exact) mass is 363 g/mol. The lowest BCUT2D eigenvalue weighted by Crippen LogP contribution is -2.37. The minimum Gasteiger partial charge on any atom is -0.340 e. The molecule has 0 spiro atoms. The quantitative estimate of drug-likeness (QED) is 0.603. The average molecular weight is 364 g/mol. The Hall–Kier alpha value is -1.88. The smallest absolute Gasteiger partial charge is 0.227 e. The summed E-state index contributed by atoms with van der Waals surface area (Å²) in [5.41, 5.74) is 0.842. The van der Waals surface area contributed by atoms with E-state index in [4.69, 9.17) is 16.1 Å². The Morgan fingerprint density at radius 1 is 1.24 bits per heavy atom. The molecule has 0 aliphatic carbocycles. The van der Waals surface area contributed by atoms with Crippen molar-refractivity contribution in [1.29, 1.82) is 0 Å². The molecule has 2 aromatic rings. The normalized spacial score (nSPS) is 11.1. The van der Waals surface area contributed by atoms with E-state index in [1.165, 1.54) is 0 Å². The number of aryl methyl sites for hydroxylation is 1. The van der Waals surface area contributed by atoms with Gasteiger partial charge in [0.05, 0.1) is 0 Å². The Bertz CT molecular complexity index is 668. The molecule has 0 bridgehead atoms. The number of nitrogens with zero attached hydrogens (tertiary/aromatic N) is 3. The standard InChI is InChI=1S/C19H26ClN3O2/c1-4-5-6-13-23(14(2)3)18(24)12-11-17-21-19(22-25-17)15-7-9-16(20)10-8-15/h7-10,14H,4-6,11-13H2,1-3H3. The van der Waals surface area contributed by atoms with Crippen LogP contribution in [-0.4, -0.2) is 33.5 Å². The minimum atomic E-state index is 0.136. The van der Waals surface area contributed by atoms with Crippen molar-refractivity contribution in [2.24, 2.45) is 0 Å². The Morgan fingerprint density at radius 2 is 1.96 bits per heavy atom. The second kappa shape index (κ2) is 9.56. The molecule has 0 aliphatic heterocycles. The number of carbonyl (C=O) groups is 1. The van der Waals surface area contributed by atoms with Crippen LogP contribution in [0.3, 0.4) is 0 Å². The van der Waals surface area contributed by atoms with Crippen LogP contribution in [0, 0.1) is 0 Å². The van der Waals surface area contributed by atoms with Crippen molar-refractivity contribution in [3.63, 3.8) is 0 Å². The topological polar surface area (TPSA) is 59.2 Å². The molecule has 6 heteroatoms. The van der Waals surface area contributed by atoms with Gasteiger partial charge < -0.3 is 9.42 Å². The molecule has 1 aromatic heterocycles. The van der Waals surface area contributed by atoms with Crippen molar-refractivity contribution in [3.05, 3.63) is 35.2 Å². The molecule has 2 rings (SSSR count). The molecular formula is C19H26ClN3O2. The van der Waals surface area contributed by atoms with Gasteiger partial charge in [0.1, 0.15) is 0 Å².